The van der Waals surface area contributed by atoms with Gasteiger partial charge in [0.2, 0.25) is 0 Å². The molecule has 0 aromatic heterocycles. The van der Waals surface area contributed by atoms with Gasteiger partial charge in [-0.05, 0) is 20.8 Å². The highest BCUT2D eigenvalue weighted by atomic mass is 16.5. The summed E-state index contributed by atoms with van der Waals surface area (Å²) in [6, 6.07) is 0. The summed E-state index contributed by atoms with van der Waals surface area (Å²) in [5.74, 6) is 0. The molecular formula is C8H20O3. The van der Waals surface area contributed by atoms with Crippen molar-refractivity contribution in [2.45, 2.75) is 20.8 Å². The lowest BCUT2D eigenvalue weighted by atomic mass is 10.8. The SMILES string of the molecule is CCOCC.CCOCCO. The summed E-state index contributed by atoms with van der Waals surface area (Å²) in [4.78, 5) is 0. The Labute approximate surface area is 69.3 Å². The van der Waals surface area contributed by atoms with Crippen LogP contribution in [0, 0.1) is 0 Å². The largest absolute Gasteiger partial charge is 0.394 e. The van der Waals surface area contributed by atoms with Crippen LogP contribution in [0.15, 0.2) is 0 Å². The first-order valence-corrected chi connectivity index (χ1v) is 4.09. The van der Waals surface area contributed by atoms with Gasteiger partial charge in [0.15, 0.2) is 0 Å². The molecule has 0 aliphatic carbocycles. The predicted octanol–water partition coefficient (Wildman–Crippen LogP) is 1.06. The summed E-state index contributed by atoms with van der Waals surface area (Å²) in [5, 5.41) is 8.07. The minimum atomic E-state index is 0.133. The Morgan fingerprint density at radius 3 is 1.45 bits per heavy atom. The number of aliphatic hydroxyl groups is 1. The summed E-state index contributed by atoms with van der Waals surface area (Å²) in [7, 11) is 0. The zero-order valence-corrected chi connectivity index (χ0v) is 7.80. The zero-order valence-electron chi connectivity index (χ0n) is 7.80. The van der Waals surface area contributed by atoms with Crippen molar-refractivity contribution in [3.8, 4) is 0 Å². The Hall–Kier alpha value is -0.120. The molecule has 0 fully saturated rings. The van der Waals surface area contributed by atoms with Gasteiger partial charge < -0.3 is 14.6 Å². The molecule has 0 aliphatic heterocycles. The predicted molar refractivity (Wildman–Crippen MR) is 45.7 cm³/mol. The van der Waals surface area contributed by atoms with Gasteiger partial charge in [-0.3, -0.25) is 0 Å². The minimum absolute atomic E-state index is 0.133. The lowest BCUT2D eigenvalue weighted by molar-refractivity contribution is 0.102. The van der Waals surface area contributed by atoms with Crippen LogP contribution in [0.5, 0.6) is 0 Å². The molecule has 0 aromatic carbocycles. The summed E-state index contributed by atoms with van der Waals surface area (Å²) in [6.45, 7) is 8.86. The first-order valence-electron chi connectivity index (χ1n) is 4.09. The van der Waals surface area contributed by atoms with Crippen molar-refractivity contribution in [3.63, 3.8) is 0 Å². The van der Waals surface area contributed by atoms with Crippen LogP contribution in [-0.4, -0.2) is 38.1 Å². The third kappa shape index (κ3) is 25.8. The molecule has 70 valence electrons. The average Bonchev–Trinajstić information content (AvgIpc) is 2.04. The molecule has 0 bridgehead atoms. The van der Waals surface area contributed by atoms with E-state index in [0.29, 0.717) is 13.2 Å². The Kier molecular flexibility index (Phi) is 20.2. The normalized spacial score (nSPS) is 8.73. The van der Waals surface area contributed by atoms with Gasteiger partial charge in [0.05, 0.1) is 13.2 Å². The van der Waals surface area contributed by atoms with Gasteiger partial charge in [-0.25, -0.2) is 0 Å². The van der Waals surface area contributed by atoms with Crippen molar-refractivity contribution >= 4 is 0 Å². The number of rotatable bonds is 5. The fourth-order valence-electron chi connectivity index (χ4n) is 0.413. The highest BCUT2D eigenvalue weighted by molar-refractivity contribution is 4.18. The van der Waals surface area contributed by atoms with Crippen molar-refractivity contribution in [1.82, 2.24) is 0 Å². The molecule has 1 N–H and O–H groups in total. The summed E-state index contributed by atoms with van der Waals surface area (Å²) < 4.78 is 9.57. The molecule has 3 nitrogen and oxygen atoms in total. The van der Waals surface area contributed by atoms with Crippen LogP contribution in [0.3, 0.4) is 0 Å². The first-order chi connectivity index (χ1) is 5.33. The van der Waals surface area contributed by atoms with Crippen LogP contribution < -0.4 is 0 Å². The lowest BCUT2D eigenvalue weighted by Gasteiger charge is -1.91. The molecule has 0 spiro atoms. The van der Waals surface area contributed by atoms with Crippen molar-refractivity contribution in [2.75, 3.05) is 33.0 Å². The minimum Gasteiger partial charge on any atom is -0.394 e. The maximum atomic E-state index is 8.07. The average molecular weight is 164 g/mol. The first kappa shape index (κ1) is 13.5. The molecule has 0 heterocycles. The molecule has 0 rings (SSSR count). The molecule has 0 saturated heterocycles. The zero-order chi connectivity index (χ0) is 8.95. The standard InChI is InChI=1S/C4H10O2.C4H10O/c1-2-6-4-3-5;1-3-5-4-2/h5H,2-4H2,1H3;3-4H2,1-2H3. The molecule has 0 aromatic rings. The van der Waals surface area contributed by atoms with Crippen LogP contribution >= 0.6 is 0 Å². The maximum Gasteiger partial charge on any atom is 0.0697 e. The Bertz CT molecular complexity index is 42.6. The van der Waals surface area contributed by atoms with Crippen molar-refractivity contribution in [3.05, 3.63) is 0 Å². The highest BCUT2D eigenvalue weighted by Gasteiger charge is 1.73. The maximum absolute atomic E-state index is 8.07. The summed E-state index contributed by atoms with van der Waals surface area (Å²) in [6.07, 6.45) is 0. The topological polar surface area (TPSA) is 38.7 Å². The quantitative estimate of drug-likeness (QED) is 0.617. The Morgan fingerprint density at radius 1 is 0.909 bits per heavy atom. The van der Waals surface area contributed by atoms with Gasteiger partial charge in [-0.15, -0.1) is 0 Å². The van der Waals surface area contributed by atoms with Crippen molar-refractivity contribution in [2.24, 2.45) is 0 Å². The Balaban J connectivity index is 0. The molecule has 0 radical (unpaired) electrons. The van der Waals surface area contributed by atoms with Gasteiger partial charge in [-0.2, -0.15) is 0 Å². The summed E-state index contributed by atoms with van der Waals surface area (Å²) in [5.41, 5.74) is 0. The smallest absolute Gasteiger partial charge is 0.0697 e. The number of hydrogen-bond donors (Lipinski definition) is 1. The van der Waals surface area contributed by atoms with E-state index in [0.717, 1.165) is 13.2 Å². The van der Waals surface area contributed by atoms with Crippen LogP contribution in [-0.2, 0) is 9.47 Å². The van der Waals surface area contributed by atoms with Crippen LogP contribution in [0.2, 0.25) is 0 Å². The van der Waals surface area contributed by atoms with E-state index in [1.54, 1.807) is 0 Å². The van der Waals surface area contributed by atoms with Crippen LogP contribution in [0.1, 0.15) is 20.8 Å². The highest BCUT2D eigenvalue weighted by Crippen LogP contribution is 1.66. The number of hydrogen-bond acceptors (Lipinski definition) is 3. The number of ether oxygens (including phenoxy) is 2. The van der Waals surface area contributed by atoms with Crippen LogP contribution in [0.4, 0.5) is 0 Å². The van der Waals surface area contributed by atoms with Gasteiger partial charge in [-0.1, -0.05) is 0 Å². The second-order valence-corrected chi connectivity index (χ2v) is 1.70. The summed E-state index contributed by atoms with van der Waals surface area (Å²) >= 11 is 0. The van der Waals surface area contributed by atoms with E-state index >= 15 is 0 Å². The van der Waals surface area contributed by atoms with Gasteiger partial charge in [0, 0.05) is 19.8 Å². The van der Waals surface area contributed by atoms with E-state index in [1.807, 2.05) is 20.8 Å². The second-order valence-electron chi connectivity index (χ2n) is 1.70. The van der Waals surface area contributed by atoms with E-state index in [9.17, 15) is 0 Å². The molecule has 0 unspecified atom stereocenters. The second kappa shape index (κ2) is 16.5. The lowest BCUT2D eigenvalue weighted by Crippen LogP contribution is -1.96. The third-order valence-corrected chi connectivity index (χ3v) is 0.848. The van der Waals surface area contributed by atoms with Crippen molar-refractivity contribution in [1.29, 1.82) is 0 Å². The number of aliphatic hydroxyl groups excluding tert-OH is 1. The molecule has 0 amide bonds. The third-order valence-electron chi connectivity index (χ3n) is 0.848. The van der Waals surface area contributed by atoms with Gasteiger partial charge in [0.25, 0.3) is 0 Å². The molecule has 0 saturated carbocycles. The molecule has 0 atom stereocenters. The van der Waals surface area contributed by atoms with Gasteiger partial charge >= 0.3 is 0 Å². The van der Waals surface area contributed by atoms with Gasteiger partial charge in [0.1, 0.15) is 0 Å². The van der Waals surface area contributed by atoms with E-state index < -0.39 is 0 Å². The fourth-order valence-corrected chi connectivity index (χ4v) is 0.413. The van der Waals surface area contributed by atoms with E-state index in [2.05, 4.69) is 0 Å². The van der Waals surface area contributed by atoms with E-state index in [1.165, 1.54) is 0 Å². The molecular weight excluding hydrogens is 144 g/mol. The molecule has 3 heteroatoms. The van der Waals surface area contributed by atoms with E-state index in [4.69, 9.17) is 14.6 Å². The monoisotopic (exact) mass is 164 g/mol. The molecule has 0 aliphatic rings. The fraction of sp³-hybridized carbons (Fsp3) is 1.00. The van der Waals surface area contributed by atoms with E-state index in [-0.39, 0.29) is 6.61 Å². The Morgan fingerprint density at radius 2 is 1.36 bits per heavy atom. The van der Waals surface area contributed by atoms with Crippen LogP contribution in [0.25, 0.3) is 0 Å². The molecule has 11 heavy (non-hydrogen) atoms. The van der Waals surface area contributed by atoms with Crippen molar-refractivity contribution < 1.29 is 14.6 Å².